The summed E-state index contributed by atoms with van der Waals surface area (Å²) >= 11 is 0. The molecule has 0 aliphatic carbocycles. The molecule has 4 rings (SSSR count). The number of nitrogens with two attached hydrogens (primary N) is 1. The van der Waals surface area contributed by atoms with Gasteiger partial charge in [-0.15, -0.1) is 0 Å². The van der Waals surface area contributed by atoms with Gasteiger partial charge in [-0.1, -0.05) is 30.3 Å². The minimum Gasteiger partial charge on any atom is -0.364 e. The van der Waals surface area contributed by atoms with Crippen LogP contribution in [0.15, 0.2) is 30.3 Å². The fourth-order valence-corrected chi connectivity index (χ4v) is 3.07. The van der Waals surface area contributed by atoms with Gasteiger partial charge in [-0.2, -0.15) is 0 Å². The molecule has 3 heterocycles. The highest BCUT2D eigenvalue weighted by molar-refractivity contribution is 5.92. The maximum Gasteiger partial charge on any atom is 0.269 e. The zero-order valence-electron chi connectivity index (χ0n) is 12.4. The van der Waals surface area contributed by atoms with E-state index < -0.39 is 5.91 Å². The van der Waals surface area contributed by atoms with Gasteiger partial charge in [0, 0.05) is 39.3 Å². The molecule has 114 valence electrons. The normalized spacial score (nSPS) is 17.4. The van der Waals surface area contributed by atoms with Crippen LogP contribution in [0.1, 0.15) is 21.7 Å². The number of aromatic nitrogens is 2. The molecule has 2 aliphatic rings. The lowest BCUT2D eigenvalue weighted by molar-refractivity contribution is 0.0992. The van der Waals surface area contributed by atoms with Gasteiger partial charge in [-0.05, 0) is 5.56 Å². The third-order valence-corrected chi connectivity index (χ3v) is 4.28. The second kappa shape index (κ2) is 5.14. The zero-order valence-corrected chi connectivity index (χ0v) is 12.4. The number of fused-ring (bicyclic) bond motifs is 1. The third-order valence-electron chi connectivity index (χ3n) is 4.28. The topological polar surface area (TPSA) is 67.2 Å². The number of carbonyl (C=O) groups is 1. The summed E-state index contributed by atoms with van der Waals surface area (Å²) in [5.41, 5.74) is 8.18. The SMILES string of the molecule is NC(=O)c1nc(N2CC2)n2c1CN(Cc1ccccc1)CC2. The summed E-state index contributed by atoms with van der Waals surface area (Å²) < 4.78 is 2.16. The number of anilines is 1. The number of nitrogens with zero attached hydrogens (tertiary/aromatic N) is 4. The van der Waals surface area contributed by atoms with E-state index in [4.69, 9.17) is 5.73 Å². The van der Waals surface area contributed by atoms with Crippen LogP contribution in [0.5, 0.6) is 0 Å². The van der Waals surface area contributed by atoms with Crippen LogP contribution in [0, 0.1) is 0 Å². The van der Waals surface area contributed by atoms with E-state index in [0.29, 0.717) is 12.2 Å². The lowest BCUT2D eigenvalue weighted by Crippen LogP contribution is -2.34. The molecule has 0 unspecified atom stereocenters. The number of primary amides is 1. The first-order valence-corrected chi connectivity index (χ1v) is 7.63. The highest BCUT2D eigenvalue weighted by atomic mass is 16.1. The molecule has 0 atom stereocenters. The van der Waals surface area contributed by atoms with Crippen LogP contribution in [-0.2, 0) is 19.6 Å². The van der Waals surface area contributed by atoms with Crippen LogP contribution in [0.25, 0.3) is 0 Å². The zero-order chi connectivity index (χ0) is 15.1. The Hall–Kier alpha value is -2.34. The van der Waals surface area contributed by atoms with Gasteiger partial charge in [0.15, 0.2) is 5.69 Å². The van der Waals surface area contributed by atoms with Crippen LogP contribution in [0.3, 0.4) is 0 Å². The lowest BCUT2D eigenvalue weighted by atomic mass is 10.2. The number of hydrogen-bond acceptors (Lipinski definition) is 4. The summed E-state index contributed by atoms with van der Waals surface area (Å²) in [6.45, 7) is 5.44. The molecular formula is C16H19N5O. The second-order valence-corrected chi connectivity index (χ2v) is 5.91. The summed E-state index contributed by atoms with van der Waals surface area (Å²) in [5, 5.41) is 0. The Labute approximate surface area is 129 Å². The van der Waals surface area contributed by atoms with Gasteiger partial charge >= 0.3 is 0 Å². The van der Waals surface area contributed by atoms with Crippen LogP contribution in [-0.4, -0.2) is 40.0 Å². The first-order chi connectivity index (χ1) is 10.7. The molecule has 0 radical (unpaired) electrons. The van der Waals surface area contributed by atoms with Crippen LogP contribution >= 0.6 is 0 Å². The molecule has 1 aromatic heterocycles. The van der Waals surface area contributed by atoms with Crippen molar-refractivity contribution >= 4 is 11.9 Å². The Bertz CT molecular complexity index is 705. The minimum absolute atomic E-state index is 0.430. The average Bonchev–Trinajstić information content (AvgIpc) is 3.29. The van der Waals surface area contributed by atoms with Crippen molar-refractivity contribution in [2.45, 2.75) is 19.6 Å². The molecular weight excluding hydrogens is 278 g/mol. The van der Waals surface area contributed by atoms with Crippen molar-refractivity contribution in [1.82, 2.24) is 14.5 Å². The van der Waals surface area contributed by atoms with Crippen molar-refractivity contribution in [2.24, 2.45) is 5.73 Å². The molecule has 2 N–H and O–H groups in total. The fraction of sp³-hybridized carbons (Fsp3) is 0.375. The summed E-state index contributed by atoms with van der Waals surface area (Å²) in [5.74, 6) is 0.474. The van der Waals surface area contributed by atoms with E-state index in [1.165, 1.54) is 5.56 Å². The molecule has 1 fully saturated rings. The predicted molar refractivity (Wildman–Crippen MR) is 83.5 cm³/mol. The molecule has 22 heavy (non-hydrogen) atoms. The van der Waals surface area contributed by atoms with E-state index in [-0.39, 0.29) is 0 Å². The molecule has 6 nitrogen and oxygen atoms in total. The Morgan fingerprint density at radius 1 is 1.14 bits per heavy atom. The van der Waals surface area contributed by atoms with Crippen LogP contribution < -0.4 is 10.6 Å². The van der Waals surface area contributed by atoms with E-state index in [9.17, 15) is 4.79 Å². The Kier molecular flexibility index (Phi) is 3.11. The molecule has 2 aliphatic heterocycles. The third kappa shape index (κ3) is 2.35. The maximum atomic E-state index is 11.7. The summed E-state index contributed by atoms with van der Waals surface area (Å²) in [7, 11) is 0. The van der Waals surface area contributed by atoms with Gasteiger partial charge in [0.1, 0.15) is 0 Å². The first-order valence-electron chi connectivity index (χ1n) is 7.63. The van der Waals surface area contributed by atoms with Gasteiger partial charge < -0.3 is 15.2 Å². The Morgan fingerprint density at radius 3 is 2.59 bits per heavy atom. The van der Waals surface area contributed by atoms with Crippen molar-refractivity contribution in [3.8, 4) is 0 Å². The number of rotatable bonds is 4. The van der Waals surface area contributed by atoms with Crippen molar-refractivity contribution in [1.29, 1.82) is 0 Å². The fourth-order valence-electron chi connectivity index (χ4n) is 3.07. The van der Waals surface area contributed by atoms with E-state index in [0.717, 1.165) is 44.4 Å². The average molecular weight is 297 g/mol. The van der Waals surface area contributed by atoms with E-state index >= 15 is 0 Å². The minimum atomic E-state index is -0.432. The monoisotopic (exact) mass is 297 g/mol. The molecule has 1 saturated heterocycles. The second-order valence-electron chi connectivity index (χ2n) is 5.91. The molecule has 2 aromatic rings. The maximum absolute atomic E-state index is 11.7. The molecule has 1 amide bonds. The molecule has 0 saturated carbocycles. The summed E-state index contributed by atoms with van der Waals surface area (Å²) in [4.78, 5) is 20.7. The van der Waals surface area contributed by atoms with Gasteiger partial charge in [-0.3, -0.25) is 9.69 Å². The summed E-state index contributed by atoms with van der Waals surface area (Å²) in [6.07, 6.45) is 0. The first kappa shape index (κ1) is 13.3. The predicted octanol–water partition coefficient (Wildman–Crippen LogP) is 0.818. The molecule has 0 spiro atoms. The Balaban J connectivity index is 1.60. The number of imidazole rings is 1. The van der Waals surface area contributed by atoms with Crippen molar-refractivity contribution in [3.05, 3.63) is 47.3 Å². The van der Waals surface area contributed by atoms with Gasteiger partial charge in [0.25, 0.3) is 5.91 Å². The van der Waals surface area contributed by atoms with Gasteiger partial charge in [-0.25, -0.2) is 4.98 Å². The lowest BCUT2D eigenvalue weighted by Gasteiger charge is -2.29. The summed E-state index contributed by atoms with van der Waals surface area (Å²) in [6, 6.07) is 10.4. The van der Waals surface area contributed by atoms with E-state index in [1.807, 2.05) is 6.07 Å². The van der Waals surface area contributed by atoms with Crippen molar-refractivity contribution in [2.75, 3.05) is 24.5 Å². The highest BCUT2D eigenvalue weighted by Crippen LogP contribution is 2.28. The quantitative estimate of drug-likeness (QED) is 0.848. The van der Waals surface area contributed by atoms with E-state index in [1.54, 1.807) is 0 Å². The molecule has 6 heteroatoms. The van der Waals surface area contributed by atoms with Crippen molar-refractivity contribution < 1.29 is 4.79 Å². The number of carbonyl (C=O) groups excluding carboxylic acids is 1. The molecule has 0 bridgehead atoms. The van der Waals surface area contributed by atoms with Gasteiger partial charge in [0.05, 0.1) is 5.69 Å². The number of benzene rings is 1. The number of amides is 1. The Morgan fingerprint density at radius 2 is 1.91 bits per heavy atom. The highest BCUT2D eigenvalue weighted by Gasteiger charge is 2.31. The van der Waals surface area contributed by atoms with Crippen LogP contribution in [0.4, 0.5) is 5.95 Å². The smallest absolute Gasteiger partial charge is 0.269 e. The number of hydrogen-bond donors (Lipinski definition) is 1. The largest absolute Gasteiger partial charge is 0.364 e. The van der Waals surface area contributed by atoms with Crippen molar-refractivity contribution in [3.63, 3.8) is 0 Å². The molecule has 1 aromatic carbocycles. The van der Waals surface area contributed by atoms with E-state index in [2.05, 4.69) is 43.6 Å². The van der Waals surface area contributed by atoms with Gasteiger partial charge in [0.2, 0.25) is 5.95 Å². The van der Waals surface area contributed by atoms with Crippen LogP contribution in [0.2, 0.25) is 0 Å². The standard InChI is InChI=1S/C16H19N5O/c17-15(22)14-13-11-19(10-12-4-2-1-3-5-12)6-9-21(13)16(18-14)20-7-8-20/h1-5H,6-11H2,(H2,17,22).